The predicted octanol–water partition coefficient (Wildman–Crippen LogP) is 5.39. The van der Waals surface area contributed by atoms with E-state index in [4.69, 9.17) is 4.74 Å². The van der Waals surface area contributed by atoms with E-state index in [0.29, 0.717) is 28.6 Å². The Morgan fingerprint density at radius 3 is 2.36 bits per heavy atom. The first-order valence-corrected chi connectivity index (χ1v) is 12.4. The van der Waals surface area contributed by atoms with Crippen LogP contribution < -0.4 is 14.5 Å². The highest BCUT2D eigenvalue weighted by molar-refractivity contribution is 7.22. The molecule has 0 bridgehead atoms. The number of hydrogen-bond donors (Lipinski definition) is 1. The van der Waals surface area contributed by atoms with E-state index in [1.54, 1.807) is 24.3 Å². The second-order valence-electron chi connectivity index (χ2n) is 8.58. The molecule has 1 amide bonds. The van der Waals surface area contributed by atoms with E-state index in [0.717, 1.165) is 15.9 Å². The second kappa shape index (κ2) is 9.47. The lowest BCUT2D eigenvalue weighted by Crippen LogP contribution is -2.29. The summed E-state index contributed by atoms with van der Waals surface area (Å²) in [6.45, 7) is 2.40. The minimum absolute atomic E-state index is 0.0287. The Kier molecular flexibility index (Phi) is 6.20. The number of ether oxygens (including phenoxy) is 1. The number of aliphatic hydroxyl groups excluding tert-OH is 1. The summed E-state index contributed by atoms with van der Waals surface area (Å²) in [5.41, 5.74) is 2.87. The maximum atomic E-state index is 13.4. The van der Waals surface area contributed by atoms with Gasteiger partial charge in [-0.3, -0.25) is 14.5 Å². The summed E-state index contributed by atoms with van der Waals surface area (Å²) in [6, 6.07) is 21.1. The predicted molar refractivity (Wildman–Crippen MR) is 143 cm³/mol. The van der Waals surface area contributed by atoms with Crippen molar-refractivity contribution in [2.24, 2.45) is 0 Å². The molecule has 1 aromatic heterocycles. The number of Topliss-reactive ketones (excluding diaryl/α,β-unsaturated/α-hetero) is 1. The van der Waals surface area contributed by atoms with Gasteiger partial charge >= 0.3 is 5.91 Å². The van der Waals surface area contributed by atoms with Gasteiger partial charge in [0.1, 0.15) is 11.5 Å². The maximum absolute atomic E-state index is 13.4. The van der Waals surface area contributed by atoms with Crippen LogP contribution >= 0.6 is 11.3 Å². The number of amides is 1. The molecular formula is C28H25N3O4S. The molecule has 2 heterocycles. The van der Waals surface area contributed by atoms with Crippen LogP contribution in [0.5, 0.6) is 5.75 Å². The summed E-state index contributed by atoms with van der Waals surface area (Å²) >= 11 is 1.34. The van der Waals surface area contributed by atoms with Crippen molar-refractivity contribution < 1.29 is 19.4 Å². The molecule has 36 heavy (non-hydrogen) atoms. The molecule has 7 nitrogen and oxygen atoms in total. The Morgan fingerprint density at radius 2 is 1.72 bits per heavy atom. The first kappa shape index (κ1) is 23.6. The fourth-order valence-corrected chi connectivity index (χ4v) is 5.29. The zero-order valence-corrected chi connectivity index (χ0v) is 21.0. The number of aliphatic hydroxyl groups is 1. The fourth-order valence-electron chi connectivity index (χ4n) is 4.29. The third-order valence-electron chi connectivity index (χ3n) is 6.10. The zero-order valence-electron chi connectivity index (χ0n) is 20.1. The molecule has 1 saturated heterocycles. The lowest BCUT2D eigenvalue weighted by Gasteiger charge is -2.23. The number of hydrogen-bond acceptors (Lipinski definition) is 7. The Hall–Kier alpha value is -4.17. The minimum Gasteiger partial charge on any atom is -0.507 e. The van der Waals surface area contributed by atoms with E-state index in [1.807, 2.05) is 74.4 Å². The standard InChI is InChI=1S/C28H25N3O4S/c1-4-35-20-15-11-18(12-16-20)25(32)23-24(17-9-13-19(14-10-17)30(2)3)31(27(34)26(23)33)28-29-21-7-5-6-8-22(21)36-28/h5-16,24,32H,4H2,1-3H3/b25-23+. The normalized spacial score (nSPS) is 17.1. The summed E-state index contributed by atoms with van der Waals surface area (Å²) < 4.78 is 6.40. The zero-order chi connectivity index (χ0) is 25.4. The maximum Gasteiger partial charge on any atom is 0.301 e. The molecule has 1 aliphatic rings. The van der Waals surface area contributed by atoms with E-state index in [-0.39, 0.29) is 11.3 Å². The van der Waals surface area contributed by atoms with Crippen LogP contribution in [-0.4, -0.2) is 42.5 Å². The van der Waals surface area contributed by atoms with Crippen molar-refractivity contribution in [3.63, 3.8) is 0 Å². The smallest absolute Gasteiger partial charge is 0.301 e. The third kappa shape index (κ3) is 4.09. The Labute approximate surface area is 212 Å². The van der Waals surface area contributed by atoms with Crippen molar-refractivity contribution >= 4 is 49.8 Å². The van der Waals surface area contributed by atoms with Gasteiger partial charge in [-0.05, 0) is 61.0 Å². The van der Waals surface area contributed by atoms with Crippen LogP contribution in [0.15, 0.2) is 78.4 Å². The molecule has 1 fully saturated rings. The molecule has 1 N–H and O–H groups in total. The van der Waals surface area contributed by atoms with Gasteiger partial charge in [-0.25, -0.2) is 4.98 Å². The van der Waals surface area contributed by atoms with Crippen LogP contribution in [0.3, 0.4) is 0 Å². The van der Waals surface area contributed by atoms with Crippen molar-refractivity contribution in [1.29, 1.82) is 0 Å². The van der Waals surface area contributed by atoms with Gasteiger partial charge < -0.3 is 14.7 Å². The van der Waals surface area contributed by atoms with Gasteiger partial charge in [0, 0.05) is 25.3 Å². The van der Waals surface area contributed by atoms with Crippen LogP contribution in [0.1, 0.15) is 24.1 Å². The molecule has 1 unspecified atom stereocenters. The summed E-state index contributed by atoms with van der Waals surface area (Å²) in [4.78, 5) is 34.8. The van der Waals surface area contributed by atoms with Gasteiger partial charge in [0.2, 0.25) is 0 Å². The molecule has 3 aromatic carbocycles. The minimum atomic E-state index is -0.826. The van der Waals surface area contributed by atoms with E-state index >= 15 is 0 Å². The molecule has 0 radical (unpaired) electrons. The van der Waals surface area contributed by atoms with Gasteiger partial charge in [0.25, 0.3) is 5.78 Å². The van der Waals surface area contributed by atoms with Crippen LogP contribution in [0, 0.1) is 0 Å². The monoisotopic (exact) mass is 499 g/mol. The van der Waals surface area contributed by atoms with Crippen molar-refractivity contribution in [3.8, 4) is 5.75 Å². The number of thiazole rings is 1. The average molecular weight is 500 g/mol. The molecule has 0 spiro atoms. The van der Waals surface area contributed by atoms with E-state index in [1.165, 1.54) is 16.2 Å². The first-order chi connectivity index (χ1) is 17.4. The number of carbonyl (C=O) groups excluding carboxylic acids is 2. The van der Waals surface area contributed by atoms with Crippen molar-refractivity contribution in [2.45, 2.75) is 13.0 Å². The average Bonchev–Trinajstić information content (AvgIpc) is 3.42. The number of rotatable bonds is 6. The number of carbonyl (C=O) groups is 2. The van der Waals surface area contributed by atoms with Gasteiger partial charge in [-0.1, -0.05) is 35.6 Å². The summed E-state index contributed by atoms with van der Waals surface area (Å²) in [5.74, 6) is -1.05. The van der Waals surface area contributed by atoms with E-state index in [9.17, 15) is 14.7 Å². The van der Waals surface area contributed by atoms with E-state index in [2.05, 4.69) is 4.98 Å². The SMILES string of the molecule is CCOc1ccc(/C(O)=C2\C(=O)C(=O)N(c3nc4ccccc4s3)C2c2ccc(N(C)C)cc2)cc1. The largest absolute Gasteiger partial charge is 0.507 e. The number of benzene rings is 3. The number of fused-ring (bicyclic) bond motifs is 1. The Bertz CT molecular complexity index is 1440. The molecule has 0 aliphatic carbocycles. The molecule has 182 valence electrons. The highest BCUT2D eigenvalue weighted by atomic mass is 32.1. The van der Waals surface area contributed by atoms with E-state index < -0.39 is 17.7 Å². The quantitative estimate of drug-likeness (QED) is 0.218. The van der Waals surface area contributed by atoms with Crippen molar-refractivity contribution in [2.75, 3.05) is 30.5 Å². The third-order valence-corrected chi connectivity index (χ3v) is 7.13. The number of ketones is 1. The lowest BCUT2D eigenvalue weighted by atomic mass is 9.95. The highest BCUT2D eigenvalue weighted by Gasteiger charge is 2.48. The fraction of sp³-hybridized carbons (Fsp3) is 0.179. The first-order valence-electron chi connectivity index (χ1n) is 11.6. The summed E-state index contributed by atoms with van der Waals surface area (Å²) in [7, 11) is 3.88. The molecule has 1 atom stereocenters. The molecular weight excluding hydrogens is 474 g/mol. The highest BCUT2D eigenvalue weighted by Crippen LogP contribution is 2.44. The summed E-state index contributed by atoms with van der Waals surface area (Å²) in [5, 5.41) is 11.7. The molecule has 4 aromatic rings. The molecule has 8 heteroatoms. The van der Waals surface area contributed by atoms with Crippen molar-refractivity contribution in [3.05, 3.63) is 89.5 Å². The second-order valence-corrected chi connectivity index (χ2v) is 9.59. The molecule has 0 saturated carbocycles. The van der Waals surface area contributed by atoms with Crippen LogP contribution in [0.2, 0.25) is 0 Å². The molecule has 5 rings (SSSR count). The van der Waals surface area contributed by atoms with Crippen LogP contribution in [0.25, 0.3) is 16.0 Å². The number of aromatic nitrogens is 1. The van der Waals surface area contributed by atoms with Crippen LogP contribution in [-0.2, 0) is 9.59 Å². The van der Waals surface area contributed by atoms with Gasteiger partial charge in [0.05, 0.1) is 28.4 Å². The van der Waals surface area contributed by atoms with Gasteiger partial charge in [-0.2, -0.15) is 0 Å². The number of para-hydroxylation sites is 1. The number of nitrogens with zero attached hydrogens (tertiary/aromatic N) is 3. The number of anilines is 2. The van der Waals surface area contributed by atoms with Crippen molar-refractivity contribution in [1.82, 2.24) is 4.98 Å². The Balaban J connectivity index is 1.67. The topological polar surface area (TPSA) is 83.0 Å². The lowest BCUT2D eigenvalue weighted by molar-refractivity contribution is -0.132. The summed E-state index contributed by atoms with van der Waals surface area (Å²) in [6.07, 6.45) is 0. The van der Waals surface area contributed by atoms with Gasteiger partial charge in [-0.15, -0.1) is 0 Å². The molecule has 1 aliphatic heterocycles. The van der Waals surface area contributed by atoms with Gasteiger partial charge in [0.15, 0.2) is 5.13 Å². The Morgan fingerprint density at radius 1 is 1.03 bits per heavy atom. The van der Waals surface area contributed by atoms with Crippen LogP contribution in [0.4, 0.5) is 10.8 Å².